The van der Waals surface area contributed by atoms with Gasteiger partial charge in [-0.1, -0.05) is 49.6 Å². The molecule has 0 saturated carbocycles. The van der Waals surface area contributed by atoms with Gasteiger partial charge in [-0.2, -0.15) is 0 Å². The van der Waals surface area contributed by atoms with Gasteiger partial charge in [-0.3, -0.25) is 0 Å². The minimum absolute atomic E-state index is 0.671. The molecule has 0 N–H and O–H groups in total. The van der Waals surface area contributed by atoms with Crippen molar-refractivity contribution in [2.75, 3.05) is 0 Å². The molecule has 0 aliphatic heterocycles. The fraction of sp³-hybridized carbons (Fsp3) is 0.273. The first-order chi connectivity index (χ1) is 5.79. The Morgan fingerprint density at radius 1 is 1.25 bits per heavy atom. The van der Waals surface area contributed by atoms with Gasteiger partial charge < -0.3 is 0 Å². The molecular formula is C11H13P. The van der Waals surface area contributed by atoms with Gasteiger partial charge in [-0.25, -0.2) is 0 Å². The second kappa shape index (κ2) is 4.93. The van der Waals surface area contributed by atoms with E-state index in [0.717, 1.165) is 0 Å². The number of hydrogen-bond acceptors (Lipinski definition) is 0. The van der Waals surface area contributed by atoms with Crippen molar-refractivity contribution in [1.82, 2.24) is 0 Å². The number of rotatable bonds is 2. The number of benzene rings is 1. The molecule has 0 atom stereocenters. The van der Waals surface area contributed by atoms with Crippen molar-refractivity contribution < 1.29 is 0 Å². The summed E-state index contributed by atoms with van der Waals surface area (Å²) in [6.45, 7) is 4.38. The predicted molar refractivity (Wildman–Crippen MR) is 58.0 cm³/mol. The van der Waals surface area contributed by atoms with Gasteiger partial charge >= 0.3 is 0 Å². The molecule has 0 saturated heterocycles. The first-order valence-corrected chi connectivity index (χ1v) is 5.09. The van der Waals surface area contributed by atoms with Gasteiger partial charge in [-0.05, 0) is 19.8 Å². The predicted octanol–water partition coefficient (Wildman–Crippen LogP) is 3.46. The van der Waals surface area contributed by atoms with Crippen molar-refractivity contribution in [1.29, 1.82) is 0 Å². The highest BCUT2D eigenvalue weighted by Crippen LogP contribution is 2.04. The summed E-state index contributed by atoms with van der Waals surface area (Å²) in [6, 6.07) is 10.3. The van der Waals surface area contributed by atoms with Crippen molar-refractivity contribution in [2.45, 2.75) is 19.5 Å². The first-order valence-electron chi connectivity index (χ1n) is 4.12. The van der Waals surface area contributed by atoms with E-state index < -0.39 is 0 Å². The van der Waals surface area contributed by atoms with E-state index in [-0.39, 0.29) is 0 Å². The Kier molecular flexibility index (Phi) is 3.80. The molecule has 1 aromatic carbocycles. The summed E-state index contributed by atoms with van der Waals surface area (Å²) in [4.78, 5) is 0. The lowest BCUT2D eigenvalue weighted by molar-refractivity contribution is 1.12. The Hall–Kier alpha value is -0.830. The quantitative estimate of drug-likeness (QED) is 0.605. The largest absolute Gasteiger partial charge is 0.0929 e. The summed E-state index contributed by atoms with van der Waals surface area (Å²) in [5.41, 5.74) is 5.15. The average molecular weight is 176 g/mol. The fourth-order valence-electron chi connectivity index (χ4n) is 0.810. The van der Waals surface area contributed by atoms with Gasteiger partial charge in [0.2, 0.25) is 0 Å². The van der Waals surface area contributed by atoms with Crippen LogP contribution in [0.1, 0.15) is 19.4 Å². The highest BCUT2D eigenvalue weighted by molar-refractivity contribution is 7.38. The van der Waals surface area contributed by atoms with Crippen LogP contribution in [0, 0.1) is 0 Å². The van der Waals surface area contributed by atoms with Gasteiger partial charge in [0.1, 0.15) is 0 Å². The van der Waals surface area contributed by atoms with E-state index >= 15 is 0 Å². The molecule has 0 bridgehead atoms. The van der Waals surface area contributed by atoms with E-state index in [2.05, 4.69) is 31.4 Å². The highest BCUT2D eigenvalue weighted by atomic mass is 31.1. The zero-order valence-electron chi connectivity index (χ0n) is 7.49. The van der Waals surface area contributed by atoms with Crippen molar-refractivity contribution in [3.63, 3.8) is 0 Å². The Morgan fingerprint density at radius 2 is 1.92 bits per heavy atom. The van der Waals surface area contributed by atoms with Gasteiger partial charge in [0, 0.05) is 5.66 Å². The summed E-state index contributed by atoms with van der Waals surface area (Å²) in [5, 5.41) is 0. The van der Waals surface area contributed by atoms with Crippen LogP contribution in [0.3, 0.4) is 0 Å². The van der Waals surface area contributed by atoms with Crippen LogP contribution in [-0.2, 0) is 0 Å². The Labute approximate surface area is 75.7 Å². The zero-order chi connectivity index (χ0) is 8.81. The summed E-state index contributed by atoms with van der Waals surface area (Å²) in [5.74, 6) is 0. The second-order valence-corrected chi connectivity index (χ2v) is 4.46. The van der Waals surface area contributed by atoms with E-state index in [9.17, 15) is 0 Å². The molecule has 0 spiro atoms. The van der Waals surface area contributed by atoms with Crippen molar-refractivity contribution in [3.8, 4) is 0 Å². The lowest BCUT2D eigenvalue weighted by Crippen LogP contribution is -1.75. The van der Waals surface area contributed by atoms with Gasteiger partial charge in [0.05, 0.1) is 0 Å². The number of hydrogen-bond donors (Lipinski definition) is 0. The third-order valence-electron chi connectivity index (χ3n) is 1.36. The molecule has 1 rings (SSSR count). The van der Waals surface area contributed by atoms with Crippen LogP contribution in [0.2, 0.25) is 0 Å². The van der Waals surface area contributed by atoms with E-state index in [4.69, 9.17) is 0 Å². The van der Waals surface area contributed by atoms with Gasteiger partial charge in [0.25, 0.3) is 0 Å². The molecular weight excluding hydrogens is 163 g/mol. The minimum Gasteiger partial charge on any atom is -0.0929 e. The molecule has 0 aliphatic rings. The summed E-state index contributed by atoms with van der Waals surface area (Å²) in [7, 11) is 1.26. The average Bonchev–Trinajstić information content (AvgIpc) is 2.05. The van der Waals surface area contributed by atoms with Crippen molar-refractivity contribution in [2.24, 2.45) is 0 Å². The Bertz CT molecular complexity index is 279. The molecule has 0 aromatic heterocycles. The molecule has 12 heavy (non-hydrogen) atoms. The molecule has 0 nitrogen and oxygen atoms in total. The SMILES string of the molecule is CC(C)P=C=Cc1ccccc1. The van der Waals surface area contributed by atoms with Gasteiger partial charge in [-0.15, -0.1) is 0 Å². The minimum atomic E-state index is 0.671. The lowest BCUT2D eigenvalue weighted by atomic mass is 10.2. The lowest BCUT2D eigenvalue weighted by Gasteiger charge is -1.88. The molecule has 1 aromatic rings. The van der Waals surface area contributed by atoms with E-state index in [1.807, 2.05) is 24.3 Å². The first kappa shape index (κ1) is 9.26. The smallest absolute Gasteiger partial charge is 0.00267 e. The van der Waals surface area contributed by atoms with Gasteiger partial charge in [0.15, 0.2) is 0 Å². The third-order valence-corrected chi connectivity index (χ3v) is 2.16. The van der Waals surface area contributed by atoms with E-state index in [0.29, 0.717) is 5.66 Å². The van der Waals surface area contributed by atoms with Crippen LogP contribution in [0.15, 0.2) is 30.3 Å². The monoisotopic (exact) mass is 176 g/mol. The summed E-state index contributed by atoms with van der Waals surface area (Å²) < 4.78 is 0. The maximum absolute atomic E-state index is 3.25. The third kappa shape index (κ3) is 3.53. The summed E-state index contributed by atoms with van der Waals surface area (Å²) in [6.07, 6.45) is 2.04. The molecule has 0 radical (unpaired) electrons. The Morgan fingerprint density at radius 3 is 2.50 bits per heavy atom. The zero-order valence-corrected chi connectivity index (χ0v) is 8.38. The fourth-order valence-corrected chi connectivity index (χ4v) is 1.33. The molecule has 0 unspecified atom stereocenters. The second-order valence-electron chi connectivity index (χ2n) is 2.91. The molecule has 0 fully saturated rings. The molecule has 0 amide bonds. The maximum atomic E-state index is 3.25. The van der Waals surface area contributed by atoms with Crippen LogP contribution in [0.4, 0.5) is 0 Å². The molecule has 0 aliphatic carbocycles. The topological polar surface area (TPSA) is 0 Å². The van der Waals surface area contributed by atoms with E-state index in [1.165, 1.54) is 13.8 Å². The normalized spacial score (nSPS) is 9.92. The van der Waals surface area contributed by atoms with Crippen LogP contribution < -0.4 is 0 Å². The molecule has 62 valence electrons. The Balaban J connectivity index is 2.70. The summed E-state index contributed by atoms with van der Waals surface area (Å²) >= 11 is 0. The molecule has 0 heterocycles. The van der Waals surface area contributed by atoms with Crippen molar-refractivity contribution in [3.05, 3.63) is 35.9 Å². The van der Waals surface area contributed by atoms with Crippen LogP contribution in [0.25, 0.3) is 6.08 Å². The standard InChI is InChI=1S/C11H13P/c1-10(2)12-9-8-11-6-4-3-5-7-11/h3-8,10H,1-2H3. The van der Waals surface area contributed by atoms with Crippen LogP contribution in [0.5, 0.6) is 0 Å². The highest BCUT2D eigenvalue weighted by Gasteiger charge is 1.82. The van der Waals surface area contributed by atoms with Crippen molar-refractivity contribution >= 4 is 19.7 Å². The maximum Gasteiger partial charge on any atom is 0.00267 e. The van der Waals surface area contributed by atoms with E-state index in [1.54, 1.807) is 0 Å². The van der Waals surface area contributed by atoms with Crippen LogP contribution in [-0.4, -0.2) is 11.1 Å². The van der Waals surface area contributed by atoms with Crippen LogP contribution >= 0.6 is 8.20 Å². The molecule has 1 heteroatoms.